The molecule has 0 atom stereocenters. The molecule has 180 valence electrons. The normalized spacial score (nSPS) is 14.8. The van der Waals surface area contributed by atoms with E-state index in [0.29, 0.717) is 54.8 Å². The number of morpholine rings is 1. The maximum absolute atomic E-state index is 12.8. The Balaban J connectivity index is 1.47. The zero-order chi connectivity index (χ0) is 24.8. The average molecular weight is 494 g/mol. The summed E-state index contributed by atoms with van der Waals surface area (Å²) in [5, 5.41) is 12.1. The number of amides is 1. The van der Waals surface area contributed by atoms with Crippen molar-refractivity contribution in [3.05, 3.63) is 72.0 Å². The number of hydrogen-bond acceptors (Lipinski definition) is 7. The van der Waals surface area contributed by atoms with Crippen LogP contribution in [0, 0.1) is 11.3 Å². The Morgan fingerprint density at radius 3 is 2.37 bits per heavy atom. The molecule has 0 saturated carbocycles. The van der Waals surface area contributed by atoms with Crippen molar-refractivity contribution in [1.82, 2.24) is 4.31 Å². The van der Waals surface area contributed by atoms with E-state index in [1.165, 1.54) is 22.5 Å². The second-order valence-electron chi connectivity index (χ2n) is 7.60. The van der Waals surface area contributed by atoms with Crippen molar-refractivity contribution in [2.45, 2.75) is 4.90 Å². The van der Waals surface area contributed by atoms with Gasteiger partial charge in [-0.05, 0) is 60.7 Å². The van der Waals surface area contributed by atoms with Crippen LogP contribution in [0.4, 0.5) is 5.69 Å². The zero-order valence-corrected chi connectivity index (χ0v) is 19.7. The lowest BCUT2D eigenvalue weighted by molar-refractivity contribution is -0.112. The van der Waals surface area contributed by atoms with Gasteiger partial charge in [-0.15, -0.1) is 0 Å². The Kier molecular flexibility index (Phi) is 7.31. The van der Waals surface area contributed by atoms with Gasteiger partial charge in [-0.1, -0.05) is 0 Å². The Hall–Kier alpha value is -3.91. The number of furan rings is 1. The molecule has 9 nitrogen and oxygen atoms in total. The van der Waals surface area contributed by atoms with Gasteiger partial charge in [-0.25, -0.2) is 8.42 Å². The summed E-state index contributed by atoms with van der Waals surface area (Å²) in [5.41, 5.74) is 1.05. The fourth-order valence-corrected chi connectivity index (χ4v) is 4.88. The van der Waals surface area contributed by atoms with Crippen molar-refractivity contribution in [1.29, 1.82) is 5.26 Å². The van der Waals surface area contributed by atoms with Crippen LogP contribution in [-0.4, -0.2) is 52.0 Å². The number of methoxy groups -OCH3 is 1. The monoisotopic (exact) mass is 493 g/mol. The molecule has 35 heavy (non-hydrogen) atoms. The number of carbonyl (C=O) groups is 1. The standard InChI is InChI=1S/C25H23N3O6S/c1-32-21-6-4-20(5-7-21)27-25(29)19(17-26)16-22-8-11-24(34-22)18-2-9-23(10-3-18)35(30,31)28-12-14-33-15-13-28/h2-11,16H,12-15H2,1H3,(H,27,29). The molecule has 3 aromatic rings. The van der Waals surface area contributed by atoms with Gasteiger partial charge >= 0.3 is 0 Å². The predicted octanol–water partition coefficient (Wildman–Crippen LogP) is 3.52. The van der Waals surface area contributed by atoms with E-state index in [9.17, 15) is 18.5 Å². The number of hydrogen-bond donors (Lipinski definition) is 1. The molecule has 2 aromatic carbocycles. The van der Waals surface area contributed by atoms with Crippen molar-refractivity contribution in [3.8, 4) is 23.1 Å². The van der Waals surface area contributed by atoms with Crippen molar-refractivity contribution >= 4 is 27.7 Å². The van der Waals surface area contributed by atoms with Crippen LogP contribution >= 0.6 is 0 Å². The predicted molar refractivity (Wildman–Crippen MR) is 129 cm³/mol. The summed E-state index contributed by atoms with van der Waals surface area (Å²) in [7, 11) is -2.04. The van der Waals surface area contributed by atoms with Gasteiger partial charge in [-0.3, -0.25) is 4.79 Å². The van der Waals surface area contributed by atoms with Gasteiger partial charge in [0.25, 0.3) is 5.91 Å². The van der Waals surface area contributed by atoms with E-state index in [4.69, 9.17) is 13.9 Å². The molecule has 1 fully saturated rings. The molecule has 10 heteroatoms. The Morgan fingerprint density at radius 1 is 1.06 bits per heavy atom. The van der Waals surface area contributed by atoms with Crippen LogP contribution in [0.3, 0.4) is 0 Å². The van der Waals surface area contributed by atoms with E-state index in [2.05, 4.69) is 5.32 Å². The number of nitrogens with one attached hydrogen (secondary N) is 1. The van der Waals surface area contributed by atoms with E-state index in [0.717, 1.165) is 0 Å². The van der Waals surface area contributed by atoms with E-state index < -0.39 is 15.9 Å². The van der Waals surface area contributed by atoms with Crippen molar-refractivity contribution in [2.75, 3.05) is 38.7 Å². The molecule has 0 aliphatic carbocycles. The molecule has 1 aromatic heterocycles. The zero-order valence-electron chi connectivity index (χ0n) is 18.9. The number of nitrogens with zero attached hydrogens (tertiary/aromatic N) is 2. The Bertz CT molecular complexity index is 1360. The van der Waals surface area contributed by atoms with Gasteiger partial charge < -0.3 is 19.2 Å². The first-order valence-corrected chi connectivity index (χ1v) is 12.2. The summed E-state index contributed by atoms with van der Waals surface area (Å²) in [6.07, 6.45) is 1.35. The van der Waals surface area contributed by atoms with Crippen LogP contribution in [0.5, 0.6) is 5.75 Å². The highest BCUT2D eigenvalue weighted by Gasteiger charge is 2.26. The molecule has 0 unspecified atom stereocenters. The minimum absolute atomic E-state index is 0.131. The fourth-order valence-electron chi connectivity index (χ4n) is 3.48. The van der Waals surface area contributed by atoms with Crippen LogP contribution in [0.25, 0.3) is 17.4 Å². The second-order valence-corrected chi connectivity index (χ2v) is 9.53. The number of carbonyl (C=O) groups excluding carboxylic acids is 1. The molecule has 0 spiro atoms. The largest absolute Gasteiger partial charge is 0.497 e. The summed E-state index contributed by atoms with van der Waals surface area (Å²) in [5.74, 6) is 0.855. The third kappa shape index (κ3) is 5.60. The summed E-state index contributed by atoms with van der Waals surface area (Å²) in [6, 6.07) is 18.3. The summed E-state index contributed by atoms with van der Waals surface area (Å²) < 4.78 is 43.1. The van der Waals surface area contributed by atoms with Gasteiger partial charge in [0.05, 0.1) is 25.2 Å². The fraction of sp³-hybridized carbons (Fsp3) is 0.200. The minimum atomic E-state index is -3.59. The lowest BCUT2D eigenvalue weighted by atomic mass is 10.2. The molecule has 1 aliphatic heterocycles. The van der Waals surface area contributed by atoms with Crippen LogP contribution in [0.2, 0.25) is 0 Å². The van der Waals surface area contributed by atoms with Crippen molar-refractivity contribution in [3.63, 3.8) is 0 Å². The highest BCUT2D eigenvalue weighted by Crippen LogP contribution is 2.26. The van der Waals surface area contributed by atoms with Crippen molar-refractivity contribution < 1.29 is 27.1 Å². The topological polar surface area (TPSA) is 122 Å². The highest BCUT2D eigenvalue weighted by atomic mass is 32.2. The second kappa shape index (κ2) is 10.6. The number of ether oxygens (including phenoxy) is 2. The molecule has 1 aliphatic rings. The van der Waals surface area contributed by atoms with Crippen LogP contribution < -0.4 is 10.1 Å². The Morgan fingerprint density at radius 2 is 1.74 bits per heavy atom. The van der Waals surface area contributed by atoms with E-state index >= 15 is 0 Å². The third-order valence-electron chi connectivity index (χ3n) is 5.37. The molecule has 1 N–H and O–H groups in total. The summed E-state index contributed by atoms with van der Waals surface area (Å²) in [6.45, 7) is 1.40. The molecule has 0 bridgehead atoms. The molecule has 4 rings (SSSR count). The van der Waals surface area contributed by atoms with Crippen LogP contribution in [0.1, 0.15) is 5.76 Å². The summed E-state index contributed by atoms with van der Waals surface area (Å²) >= 11 is 0. The number of nitriles is 1. The van der Waals surface area contributed by atoms with Gasteiger partial charge in [0.1, 0.15) is 28.9 Å². The van der Waals surface area contributed by atoms with Gasteiger partial charge in [0.15, 0.2) is 0 Å². The van der Waals surface area contributed by atoms with E-state index in [1.807, 2.05) is 6.07 Å². The SMILES string of the molecule is COc1ccc(NC(=O)C(C#N)=Cc2ccc(-c3ccc(S(=O)(=O)N4CCOCC4)cc3)o2)cc1. The Labute approximate surface area is 203 Å². The average Bonchev–Trinajstić information content (AvgIpc) is 3.37. The van der Waals surface area contributed by atoms with Gasteiger partial charge in [0.2, 0.25) is 10.0 Å². The van der Waals surface area contributed by atoms with Crippen LogP contribution in [-0.2, 0) is 19.6 Å². The molecule has 1 amide bonds. The number of benzene rings is 2. The number of anilines is 1. The molecule has 0 radical (unpaired) electrons. The van der Waals surface area contributed by atoms with E-state index in [1.54, 1.807) is 55.6 Å². The first-order valence-electron chi connectivity index (χ1n) is 10.8. The van der Waals surface area contributed by atoms with Crippen LogP contribution in [0.15, 0.2) is 75.5 Å². The first-order chi connectivity index (χ1) is 16.9. The lowest BCUT2D eigenvalue weighted by Crippen LogP contribution is -2.40. The molecule has 1 saturated heterocycles. The minimum Gasteiger partial charge on any atom is -0.497 e. The molecular formula is C25H23N3O6S. The lowest BCUT2D eigenvalue weighted by Gasteiger charge is -2.26. The number of sulfonamides is 1. The smallest absolute Gasteiger partial charge is 0.266 e. The quantitative estimate of drug-likeness (QED) is 0.395. The van der Waals surface area contributed by atoms with Gasteiger partial charge in [0, 0.05) is 30.4 Å². The van der Waals surface area contributed by atoms with Crippen molar-refractivity contribution in [2.24, 2.45) is 0 Å². The number of rotatable bonds is 7. The van der Waals surface area contributed by atoms with Gasteiger partial charge in [-0.2, -0.15) is 9.57 Å². The van der Waals surface area contributed by atoms with E-state index in [-0.39, 0.29) is 10.5 Å². The molecular weight excluding hydrogens is 470 g/mol. The maximum atomic E-state index is 12.8. The summed E-state index contributed by atoms with van der Waals surface area (Å²) in [4.78, 5) is 12.7. The first kappa shape index (κ1) is 24.2. The third-order valence-corrected chi connectivity index (χ3v) is 7.29. The maximum Gasteiger partial charge on any atom is 0.266 e. The highest BCUT2D eigenvalue weighted by molar-refractivity contribution is 7.89. The molecule has 2 heterocycles.